The lowest BCUT2D eigenvalue weighted by molar-refractivity contribution is 0.796. The van der Waals surface area contributed by atoms with E-state index in [4.69, 9.17) is 0 Å². The van der Waals surface area contributed by atoms with Crippen molar-refractivity contribution >= 4 is 46.2 Å². The van der Waals surface area contributed by atoms with Crippen LogP contribution in [0.3, 0.4) is 0 Å². The number of nitrogens with one attached hydrogen (secondary N) is 2. The Hall–Kier alpha value is -1.61. The van der Waals surface area contributed by atoms with E-state index in [-0.39, 0.29) is 24.0 Å². The molecule has 7 heteroatoms. The van der Waals surface area contributed by atoms with Crippen molar-refractivity contribution in [2.75, 3.05) is 7.05 Å². The lowest BCUT2D eigenvalue weighted by Gasteiger charge is -2.12. The van der Waals surface area contributed by atoms with E-state index < -0.39 is 0 Å². The van der Waals surface area contributed by atoms with Gasteiger partial charge in [0.1, 0.15) is 0 Å². The third kappa shape index (κ3) is 4.44. The first-order valence-electron chi connectivity index (χ1n) is 7.16. The second kappa shape index (κ2) is 8.30. The molecular weight excluding hydrogens is 421 g/mol. The Balaban J connectivity index is 0.00000192. The highest BCUT2D eigenvalue weighted by Crippen LogP contribution is 2.11. The van der Waals surface area contributed by atoms with Gasteiger partial charge in [0, 0.05) is 31.4 Å². The first-order chi connectivity index (χ1) is 10.8. The van der Waals surface area contributed by atoms with Crippen molar-refractivity contribution in [3.8, 4) is 0 Å². The average Bonchev–Trinajstić information content (AvgIpc) is 3.10. The average molecular weight is 441 g/mol. The van der Waals surface area contributed by atoms with Crippen LogP contribution in [0.25, 0.3) is 4.96 Å². The molecule has 0 aliphatic rings. The van der Waals surface area contributed by atoms with Gasteiger partial charge >= 0.3 is 0 Å². The normalized spacial score (nSPS) is 11.3. The van der Waals surface area contributed by atoms with E-state index in [9.17, 15) is 0 Å². The highest BCUT2D eigenvalue weighted by molar-refractivity contribution is 14.0. The van der Waals surface area contributed by atoms with Gasteiger partial charge in [-0.1, -0.05) is 24.3 Å². The lowest BCUT2D eigenvalue weighted by Crippen LogP contribution is -2.36. The van der Waals surface area contributed by atoms with Crippen molar-refractivity contribution < 1.29 is 0 Å². The van der Waals surface area contributed by atoms with E-state index in [1.807, 2.05) is 22.2 Å². The zero-order valence-electron chi connectivity index (χ0n) is 13.1. The molecule has 2 heterocycles. The number of fused-ring (bicyclic) bond motifs is 1. The highest BCUT2D eigenvalue weighted by Gasteiger charge is 2.04. The number of hydrogen-bond donors (Lipinski definition) is 2. The van der Waals surface area contributed by atoms with Gasteiger partial charge in [-0.15, -0.1) is 35.3 Å². The third-order valence-corrected chi connectivity index (χ3v) is 4.28. The Morgan fingerprint density at radius 3 is 2.78 bits per heavy atom. The maximum atomic E-state index is 4.55. The zero-order chi connectivity index (χ0) is 15.4. The monoisotopic (exact) mass is 441 g/mol. The smallest absolute Gasteiger partial charge is 0.193 e. The van der Waals surface area contributed by atoms with Crippen LogP contribution in [0.4, 0.5) is 0 Å². The minimum Gasteiger partial charge on any atom is -0.352 e. The third-order valence-electron chi connectivity index (χ3n) is 3.51. The SMILES string of the molecule is CN=C(NCc1cn2ccsc2n1)NCc1ccccc1C.I. The van der Waals surface area contributed by atoms with Crippen molar-refractivity contribution in [1.29, 1.82) is 0 Å². The van der Waals surface area contributed by atoms with Crippen molar-refractivity contribution in [3.05, 3.63) is 58.9 Å². The summed E-state index contributed by atoms with van der Waals surface area (Å²) < 4.78 is 2.03. The maximum Gasteiger partial charge on any atom is 0.193 e. The summed E-state index contributed by atoms with van der Waals surface area (Å²) in [5.41, 5.74) is 3.55. The second-order valence-corrected chi connectivity index (χ2v) is 5.90. The van der Waals surface area contributed by atoms with Crippen molar-refractivity contribution in [3.63, 3.8) is 0 Å². The summed E-state index contributed by atoms with van der Waals surface area (Å²) in [5, 5.41) is 8.66. The van der Waals surface area contributed by atoms with Crippen LogP contribution in [0.15, 0.2) is 47.0 Å². The molecule has 5 nitrogen and oxygen atoms in total. The summed E-state index contributed by atoms with van der Waals surface area (Å²) in [6.45, 7) is 3.53. The number of rotatable bonds is 4. The highest BCUT2D eigenvalue weighted by atomic mass is 127. The standard InChI is InChI=1S/C16H19N5S.HI/c1-12-5-3-4-6-13(12)9-18-15(17-2)19-10-14-11-21-7-8-22-16(21)20-14;/h3-8,11H,9-10H2,1-2H3,(H2,17,18,19);1H. The number of aryl methyl sites for hydroxylation is 1. The zero-order valence-corrected chi connectivity index (χ0v) is 16.3. The van der Waals surface area contributed by atoms with E-state index in [1.165, 1.54) is 11.1 Å². The van der Waals surface area contributed by atoms with Gasteiger partial charge in [-0.2, -0.15) is 0 Å². The number of nitrogens with zero attached hydrogens (tertiary/aromatic N) is 3. The van der Waals surface area contributed by atoms with E-state index >= 15 is 0 Å². The first kappa shape index (κ1) is 17.7. The van der Waals surface area contributed by atoms with Crippen molar-refractivity contribution in [2.45, 2.75) is 20.0 Å². The van der Waals surface area contributed by atoms with Crippen LogP contribution >= 0.6 is 35.3 Å². The minimum absolute atomic E-state index is 0. The van der Waals surface area contributed by atoms with Crippen LogP contribution < -0.4 is 10.6 Å². The number of imidazole rings is 1. The van der Waals surface area contributed by atoms with Crippen LogP contribution in [-0.2, 0) is 13.1 Å². The molecule has 1 aromatic carbocycles. The van der Waals surface area contributed by atoms with E-state index in [0.29, 0.717) is 6.54 Å². The Morgan fingerprint density at radius 1 is 1.26 bits per heavy atom. The quantitative estimate of drug-likeness (QED) is 0.372. The molecule has 0 aliphatic carbocycles. The number of hydrogen-bond acceptors (Lipinski definition) is 3. The Morgan fingerprint density at radius 2 is 2.04 bits per heavy atom. The number of guanidine groups is 1. The molecule has 3 rings (SSSR count). The van der Waals surface area contributed by atoms with Crippen LogP contribution in [0, 0.1) is 6.92 Å². The van der Waals surface area contributed by atoms with Crippen LogP contribution in [0.5, 0.6) is 0 Å². The lowest BCUT2D eigenvalue weighted by atomic mass is 10.1. The fraction of sp³-hybridized carbons (Fsp3) is 0.250. The minimum atomic E-state index is 0. The van der Waals surface area contributed by atoms with Gasteiger partial charge in [-0.25, -0.2) is 4.98 Å². The van der Waals surface area contributed by atoms with Gasteiger partial charge in [0.05, 0.1) is 12.2 Å². The first-order valence-corrected chi connectivity index (χ1v) is 8.04. The number of aliphatic imine (C=N–C) groups is 1. The molecule has 0 unspecified atom stereocenters. The Labute approximate surface area is 156 Å². The van der Waals surface area contributed by atoms with Crippen LogP contribution in [0.2, 0.25) is 0 Å². The molecule has 0 fully saturated rings. The molecule has 0 bridgehead atoms. The topological polar surface area (TPSA) is 53.7 Å². The fourth-order valence-electron chi connectivity index (χ4n) is 2.24. The molecule has 0 saturated carbocycles. The van der Waals surface area contributed by atoms with E-state index in [1.54, 1.807) is 18.4 Å². The molecule has 0 spiro atoms. The molecule has 3 aromatic rings. The van der Waals surface area contributed by atoms with Gasteiger partial charge < -0.3 is 10.6 Å². The van der Waals surface area contributed by atoms with Gasteiger partial charge in [0.25, 0.3) is 0 Å². The molecular formula is C16H20IN5S. The molecule has 0 radical (unpaired) electrons. The van der Waals surface area contributed by atoms with E-state index in [2.05, 4.69) is 51.8 Å². The van der Waals surface area contributed by atoms with Gasteiger partial charge in [0.15, 0.2) is 10.9 Å². The molecule has 122 valence electrons. The second-order valence-electron chi connectivity index (χ2n) is 5.03. The Kier molecular flexibility index (Phi) is 6.40. The molecule has 2 N–H and O–H groups in total. The predicted octanol–water partition coefficient (Wildman–Crippen LogP) is 3.19. The number of aromatic nitrogens is 2. The number of halogens is 1. The maximum absolute atomic E-state index is 4.55. The summed E-state index contributed by atoms with van der Waals surface area (Å²) in [4.78, 5) is 9.81. The van der Waals surface area contributed by atoms with Crippen molar-refractivity contribution in [1.82, 2.24) is 20.0 Å². The van der Waals surface area contributed by atoms with Crippen molar-refractivity contribution in [2.24, 2.45) is 4.99 Å². The summed E-state index contributed by atoms with van der Waals surface area (Å²) >= 11 is 1.64. The summed E-state index contributed by atoms with van der Waals surface area (Å²) in [7, 11) is 1.78. The summed E-state index contributed by atoms with van der Waals surface area (Å²) in [6, 6.07) is 8.35. The fourth-order valence-corrected chi connectivity index (χ4v) is 2.96. The largest absolute Gasteiger partial charge is 0.352 e. The van der Waals surface area contributed by atoms with Gasteiger partial charge in [-0.05, 0) is 18.1 Å². The number of thiazole rings is 1. The molecule has 23 heavy (non-hydrogen) atoms. The van der Waals surface area contributed by atoms with Gasteiger partial charge in [-0.3, -0.25) is 9.39 Å². The molecule has 2 aromatic heterocycles. The predicted molar refractivity (Wildman–Crippen MR) is 107 cm³/mol. The molecule has 0 atom stereocenters. The number of benzene rings is 1. The molecule has 0 saturated heterocycles. The Bertz CT molecular complexity index is 764. The van der Waals surface area contributed by atoms with E-state index in [0.717, 1.165) is 23.2 Å². The van der Waals surface area contributed by atoms with Gasteiger partial charge in [0.2, 0.25) is 0 Å². The molecule has 0 amide bonds. The molecule has 0 aliphatic heterocycles. The van der Waals surface area contributed by atoms with Crippen LogP contribution in [0.1, 0.15) is 16.8 Å². The summed E-state index contributed by atoms with van der Waals surface area (Å²) in [6.07, 6.45) is 4.05. The van der Waals surface area contributed by atoms with Crippen LogP contribution in [-0.4, -0.2) is 22.4 Å². The summed E-state index contributed by atoms with van der Waals surface area (Å²) in [5.74, 6) is 0.777.